The van der Waals surface area contributed by atoms with Gasteiger partial charge in [0.05, 0.1) is 0 Å². The highest BCUT2D eigenvalue weighted by Gasteiger charge is 2.46. The zero-order valence-electron chi connectivity index (χ0n) is 27.1. The van der Waals surface area contributed by atoms with Crippen molar-refractivity contribution in [1.82, 2.24) is 0 Å². The van der Waals surface area contributed by atoms with Gasteiger partial charge in [0.2, 0.25) is 5.66 Å². The van der Waals surface area contributed by atoms with Crippen molar-refractivity contribution < 1.29 is 20.4 Å². The quantitative estimate of drug-likeness (QED) is 0.114. The van der Waals surface area contributed by atoms with Crippen LogP contribution in [-0.2, 0) is 31.3 Å². The molecule has 3 aliphatic rings. The van der Waals surface area contributed by atoms with Crippen LogP contribution in [0.4, 0.5) is 0 Å². The summed E-state index contributed by atoms with van der Waals surface area (Å²) in [5, 5.41) is 47.0. The first-order valence-electron chi connectivity index (χ1n) is 17.2. The molecule has 242 valence electrons. The molecule has 0 spiro atoms. The molecular formula is C43H36N2O4. The summed E-state index contributed by atoms with van der Waals surface area (Å²) in [6, 6.07) is 27.1. The van der Waals surface area contributed by atoms with Gasteiger partial charge in [-0.25, -0.2) is 0 Å². The second kappa shape index (κ2) is 11.2. The van der Waals surface area contributed by atoms with Gasteiger partial charge in [0.1, 0.15) is 0 Å². The molecule has 0 saturated heterocycles. The van der Waals surface area contributed by atoms with Gasteiger partial charge >= 0.3 is 0 Å². The van der Waals surface area contributed by atoms with Gasteiger partial charge in [0, 0.05) is 34.7 Å². The molecule has 6 nitrogen and oxygen atoms in total. The van der Waals surface area contributed by atoms with Crippen LogP contribution in [0.25, 0.3) is 32.7 Å². The minimum atomic E-state index is -1.28. The van der Waals surface area contributed by atoms with Crippen LogP contribution in [0, 0.1) is 0 Å². The fourth-order valence-electron chi connectivity index (χ4n) is 8.54. The van der Waals surface area contributed by atoms with E-state index in [1.54, 1.807) is 24.6 Å². The van der Waals surface area contributed by atoms with E-state index in [1.807, 2.05) is 48.5 Å². The van der Waals surface area contributed by atoms with Crippen molar-refractivity contribution >= 4 is 34.0 Å². The highest BCUT2D eigenvalue weighted by Crippen LogP contribution is 2.56. The summed E-state index contributed by atoms with van der Waals surface area (Å²) in [5.41, 5.74) is 9.38. The molecule has 0 fully saturated rings. The van der Waals surface area contributed by atoms with Crippen LogP contribution in [0.5, 0.6) is 23.0 Å². The Balaban J connectivity index is 1.37. The number of aromatic hydroxyl groups is 4. The number of aryl methyl sites for hydroxylation is 2. The molecule has 0 amide bonds. The SMILES string of the molecule is Oc1cc2ccccc2c(/C=N/C2(/N=C/c3c(O)c(O)cc4ccccc34)c3ccc4c(c3-c3c2ccc2c3CCCC2)CCCC4)c1O. The Bertz CT molecular complexity index is 2240. The second-order valence-corrected chi connectivity index (χ2v) is 13.6. The first-order valence-corrected chi connectivity index (χ1v) is 17.2. The van der Waals surface area contributed by atoms with Gasteiger partial charge in [0.15, 0.2) is 23.0 Å². The molecule has 0 aliphatic heterocycles. The molecular weight excluding hydrogens is 608 g/mol. The third-order valence-corrected chi connectivity index (χ3v) is 10.9. The predicted octanol–water partition coefficient (Wildman–Crippen LogP) is 8.99. The summed E-state index contributed by atoms with van der Waals surface area (Å²) in [5.74, 6) is -0.923. The number of phenols is 4. The summed E-state index contributed by atoms with van der Waals surface area (Å²) >= 11 is 0. The van der Waals surface area contributed by atoms with E-state index in [0.29, 0.717) is 11.1 Å². The average molecular weight is 645 g/mol. The fourth-order valence-corrected chi connectivity index (χ4v) is 8.54. The molecule has 0 atom stereocenters. The van der Waals surface area contributed by atoms with Gasteiger partial charge in [-0.15, -0.1) is 0 Å². The zero-order chi connectivity index (χ0) is 33.3. The molecule has 6 aromatic rings. The van der Waals surface area contributed by atoms with Crippen molar-refractivity contribution in [3.05, 3.63) is 129 Å². The standard InChI is InChI=1S/C43H36N2O4/c46-37-21-27-11-3-5-13-29(27)33(41(37)48)23-44-43(45-24-34-30-14-6-4-12-28(30)22-38(47)42(34)49)35-19-17-25-9-1-7-15-31(25)39(35)40-32-16-8-2-10-26(32)18-20-36(40)43/h3-6,11-14,17-24,46-49H,1-2,7-10,15-16H2/b44-23+,45-24+. The lowest BCUT2D eigenvalue weighted by molar-refractivity contribution is 0.404. The molecule has 0 saturated carbocycles. The van der Waals surface area contributed by atoms with Crippen LogP contribution >= 0.6 is 0 Å². The van der Waals surface area contributed by atoms with Gasteiger partial charge in [-0.3, -0.25) is 9.98 Å². The van der Waals surface area contributed by atoms with Gasteiger partial charge in [-0.1, -0.05) is 72.8 Å². The number of hydrogen-bond donors (Lipinski definition) is 4. The Morgan fingerprint density at radius 3 is 1.41 bits per heavy atom. The maximum atomic E-state index is 11.2. The van der Waals surface area contributed by atoms with Crippen molar-refractivity contribution in [1.29, 1.82) is 0 Å². The van der Waals surface area contributed by atoms with E-state index in [0.717, 1.165) is 71.2 Å². The Kier molecular flexibility index (Phi) is 6.77. The van der Waals surface area contributed by atoms with Crippen molar-refractivity contribution in [2.24, 2.45) is 9.98 Å². The Morgan fingerprint density at radius 1 is 0.510 bits per heavy atom. The van der Waals surface area contributed by atoms with Gasteiger partial charge < -0.3 is 20.4 Å². The van der Waals surface area contributed by atoms with E-state index in [9.17, 15) is 20.4 Å². The third-order valence-electron chi connectivity index (χ3n) is 10.9. The number of phenolic OH excluding ortho intramolecular Hbond substituents is 4. The van der Waals surface area contributed by atoms with E-state index in [-0.39, 0.29) is 23.0 Å². The number of nitrogens with zero attached hydrogens (tertiary/aromatic N) is 2. The first-order chi connectivity index (χ1) is 23.9. The monoisotopic (exact) mass is 644 g/mol. The number of rotatable bonds is 4. The molecule has 49 heavy (non-hydrogen) atoms. The van der Waals surface area contributed by atoms with Crippen LogP contribution < -0.4 is 0 Å². The minimum Gasteiger partial charge on any atom is -0.504 e. The van der Waals surface area contributed by atoms with Crippen molar-refractivity contribution in [3.8, 4) is 34.1 Å². The van der Waals surface area contributed by atoms with Gasteiger partial charge in [-0.2, -0.15) is 0 Å². The maximum Gasteiger partial charge on any atom is 0.202 e. The van der Waals surface area contributed by atoms with E-state index >= 15 is 0 Å². The fraction of sp³-hybridized carbons (Fsp3) is 0.209. The van der Waals surface area contributed by atoms with Crippen molar-refractivity contribution in [2.45, 2.75) is 57.0 Å². The van der Waals surface area contributed by atoms with Crippen LogP contribution in [-0.4, -0.2) is 32.9 Å². The average Bonchev–Trinajstić information content (AvgIpc) is 3.42. The molecule has 0 radical (unpaired) electrons. The maximum absolute atomic E-state index is 11.2. The van der Waals surface area contributed by atoms with E-state index in [4.69, 9.17) is 9.98 Å². The van der Waals surface area contributed by atoms with Gasteiger partial charge in [-0.05, 0) is 118 Å². The molecule has 6 heteroatoms. The molecule has 3 aliphatic carbocycles. The minimum absolute atomic E-state index is 0.218. The van der Waals surface area contributed by atoms with Crippen LogP contribution in [0.1, 0.15) is 70.2 Å². The summed E-state index contributed by atoms with van der Waals surface area (Å²) in [4.78, 5) is 10.7. The largest absolute Gasteiger partial charge is 0.504 e. The van der Waals surface area contributed by atoms with E-state index < -0.39 is 5.66 Å². The molecule has 0 unspecified atom stereocenters. The second-order valence-electron chi connectivity index (χ2n) is 13.6. The predicted molar refractivity (Wildman–Crippen MR) is 196 cm³/mol. The first kappa shape index (κ1) is 29.5. The molecule has 4 N–H and O–H groups in total. The number of hydrogen-bond acceptors (Lipinski definition) is 6. The van der Waals surface area contributed by atoms with Crippen molar-refractivity contribution in [3.63, 3.8) is 0 Å². The molecule has 9 rings (SSSR count). The highest BCUT2D eigenvalue weighted by molar-refractivity contribution is 6.06. The lowest BCUT2D eigenvalue weighted by Gasteiger charge is -2.26. The lowest BCUT2D eigenvalue weighted by atomic mass is 9.81. The lowest BCUT2D eigenvalue weighted by Crippen LogP contribution is -2.22. The van der Waals surface area contributed by atoms with Crippen LogP contribution in [0.2, 0.25) is 0 Å². The van der Waals surface area contributed by atoms with Gasteiger partial charge in [0.25, 0.3) is 0 Å². The van der Waals surface area contributed by atoms with E-state index in [2.05, 4.69) is 24.3 Å². The Hall–Kier alpha value is -5.62. The summed E-state index contributed by atoms with van der Waals surface area (Å²) in [7, 11) is 0. The number of benzene rings is 6. The Morgan fingerprint density at radius 2 is 0.939 bits per heavy atom. The molecule has 6 aromatic carbocycles. The number of fused-ring (bicyclic) bond motifs is 9. The normalized spacial score (nSPS) is 16.2. The Labute approximate surface area is 284 Å². The smallest absolute Gasteiger partial charge is 0.202 e. The third kappa shape index (κ3) is 4.47. The zero-order valence-corrected chi connectivity index (χ0v) is 27.1. The summed E-state index contributed by atoms with van der Waals surface area (Å²) in [6.45, 7) is 0. The molecule has 0 aromatic heterocycles. The topological polar surface area (TPSA) is 106 Å². The molecule has 0 heterocycles. The van der Waals surface area contributed by atoms with Crippen LogP contribution in [0.3, 0.4) is 0 Å². The number of aliphatic imine (C=N–C) groups is 2. The summed E-state index contributed by atoms with van der Waals surface area (Å²) < 4.78 is 0. The molecule has 0 bridgehead atoms. The van der Waals surface area contributed by atoms with Crippen LogP contribution in [0.15, 0.2) is 94.9 Å². The van der Waals surface area contributed by atoms with E-state index in [1.165, 1.54) is 46.2 Å². The van der Waals surface area contributed by atoms with Crippen molar-refractivity contribution in [2.75, 3.05) is 0 Å². The summed E-state index contributed by atoms with van der Waals surface area (Å²) in [6.07, 6.45) is 11.9. The highest BCUT2D eigenvalue weighted by atomic mass is 16.3.